The summed E-state index contributed by atoms with van der Waals surface area (Å²) in [4.78, 5) is 2.43. The van der Waals surface area contributed by atoms with Crippen molar-refractivity contribution in [2.45, 2.75) is 19.3 Å². The maximum atomic E-state index is 6.98. The molecule has 0 N–H and O–H groups in total. The summed E-state index contributed by atoms with van der Waals surface area (Å²) in [7, 11) is 0. The number of rotatable bonds is 5. The molecule has 12 rings (SSSR count). The maximum Gasteiger partial charge on any atom is 0.145 e. The van der Waals surface area contributed by atoms with Crippen molar-refractivity contribution in [3.8, 4) is 33.4 Å². The molecule has 274 valence electrons. The quantitative estimate of drug-likeness (QED) is 0.176. The number of hydrogen-bond acceptors (Lipinski definition) is 3. The van der Waals surface area contributed by atoms with Crippen LogP contribution in [0.1, 0.15) is 25.0 Å². The Labute approximate surface area is 336 Å². The highest BCUT2D eigenvalue weighted by Gasteiger charge is 2.36. The Morgan fingerprint density at radius 3 is 1.88 bits per heavy atom. The summed E-state index contributed by atoms with van der Waals surface area (Å²) >= 11 is 0. The van der Waals surface area contributed by atoms with Crippen LogP contribution in [-0.2, 0) is 5.41 Å². The molecule has 11 aromatic rings. The van der Waals surface area contributed by atoms with Crippen LogP contribution in [0.5, 0.6) is 0 Å². The first kappa shape index (κ1) is 32.8. The Morgan fingerprint density at radius 2 is 1.02 bits per heavy atom. The van der Waals surface area contributed by atoms with Crippen LogP contribution in [0, 0.1) is 0 Å². The van der Waals surface area contributed by atoms with E-state index in [9.17, 15) is 0 Å². The van der Waals surface area contributed by atoms with Gasteiger partial charge >= 0.3 is 0 Å². The van der Waals surface area contributed by atoms with Gasteiger partial charge in [-0.15, -0.1) is 0 Å². The zero-order chi connectivity index (χ0) is 38.5. The molecule has 0 bridgehead atoms. The lowest BCUT2D eigenvalue weighted by molar-refractivity contribution is 0.660. The predicted octanol–water partition coefficient (Wildman–Crippen LogP) is 15.7. The van der Waals surface area contributed by atoms with E-state index in [1.54, 1.807) is 0 Å². The second kappa shape index (κ2) is 12.3. The van der Waals surface area contributed by atoms with E-state index in [0.29, 0.717) is 0 Å². The molecule has 0 atom stereocenters. The van der Waals surface area contributed by atoms with Gasteiger partial charge in [-0.25, -0.2) is 0 Å². The van der Waals surface area contributed by atoms with Gasteiger partial charge in [0.1, 0.15) is 22.3 Å². The third kappa shape index (κ3) is 4.80. The Morgan fingerprint density at radius 1 is 0.397 bits per heavy atom. The molecule has 1 aliphatic rings. The highest BCUT2D eigenvalue weighted by atomic mass is 16.3. The highest BCUT2D eigenvalue weighted by molar-refractivity contribution is 6.18. The van der Waals surface area contributed by atoms with E-state index in [1.807, 2.05) is 12.1 Å². The maximum absolute atomic E-state index is 6.98. The lowest BCUT2D eigenvalue weighted by atomic mass is 9.82. The number of furan rings is 2. The summed E-state index contributed by atoms with van der Waals surface area (Å²) in [6.07, 6.45) is 0. The summed E-state index contributed by atoms with van der Waals surface area (Å²) in [6, 6.07) is 67.7. The van der Waals surface area contributed by atoms with E-state index in [1.165, 1.54) is 33.0 Å². The summed E-state index contributed by atoms with van der Waals surface area (Å²) in [5, 5.41) is 6.81. The van der Waals surface area contributed by atoms with Crippen molar-refractivity contribution in [3.05, 3.63) is 199 Å². The monoisotopic (exact) mass is 743 g/mol. The number of anilines is 3. The number of benzene rings is 9. The molecule has 9 aromatic carbocycles. The van der Waals surface area contributed by atoms with Gasteiger partial charge in [-0.05, 0) is 110 Å². The van der Waals surface area contributed by atoms with E-state index in [4.69, 9.17) is 8.83 Å². The molecular formula is C55H37NO2. The topological polar surface area (TPSA) is 29.5 Å². The van der Waals surface area contributed by atoms with Crippen molar-refractivity contribution in [1.29, 1.82) is 0 Å². The van der Waals surface area contributed by atoms with Gasteiger partial charge in [0.2, 0.25) is 0 Å². The van der Waals surface area contributed by atoms with Crippen LogP contribution in [0.4, 0.5) is 17.1 Å². The molecule has 0 radical (unpaired) electrons. The Balaban J connectivity index is 1.10. The predicted molar refractivity (Wildman–Crippen MR) is 242 cm³/mol. The normalized spacial score (nSPS) is 13.1. The lowest BCUT2D eigenvalue weighted by Crippen LogP contribution is -2.16. The van der Waals surface area contributed by atoms with Crippen molar-refractivity contribution in [2.75, 3.05) is 4.90 Å². The molecular weight excluding hydrogens is 707 g/mol. The molecule has 0 spiro atoms. The zero-order valence-electron chi connectivity index (χ0n) is 32.2. The summed E-state index contributed by atoms with van der Waals surface area (Å²) in [6.45, 7) is 4.70. The summed E-state index contributed by atoms with van der Waals surface area (Å²) < 4.78 is 13.3. The Bertz CT molecular complexity index is 3450. The highest BCUT2D eigenvalue weighted by Crippen LogP contribution is 2.52. The van der Waals surface area contributed by atoms with Gasteiger partial charge in [0.05, 0.1) is 11.1 Å². The van der Waals surface area contributed by atoms with Crippen molar-refractivity contribution in [2.24, 2.45) is 0 Å². The van der Waals surface area contributed by atoms with Crippen LogP contribution in [0.25, 0.3) is 88.0 Å². The van der Waals surface area contributed by atoms with Crippen LogP contribution in [0.15, 0.2) is 197 Å². The largest absolute Gasteiger partial charge is 0.456 e. The second-order valence-corrected chi connectivity index (χ2v) is 16.1. The SMILES string of the molecule is CC1(C)c2ccccc2-c2ccc(N(c3ccc4ccccc4c3)c3ccc(-c4ccccc4-c4ccc5c(c4)oc4ccccc45)c4oc5ccccc5c34)cc21. The molecule has 2 heterocycles. The molecule has 0 unspecified atom stereocenters. The Hall–Kier alpha value is -7.36. The van der Waals surface area contributed by atoms with Crippen molar-refractivity contribution in [3.63, 3.8) is 0 Å². The minimum Gasteiger partial charge on any atom is -0.456 e. The molecule has 1 aliphatic carbocycles. The first-order valence-corrected chi connectivity index (χ1v) is 20.0. The van der Waals surface area contributed by atoms with Crippen molar-refractivity contribution >= 4 is 71.7 Å². The van der Waals surface area contributed by atoms with Gasteiger partial charge in [-0.1, -0.05) is 141 Å². The average molecular weight is 744 g/mol. The fraction of sp³-hybridized carbons (Fsp3) is 0.0545. The molecule has 0 saturated carbocycles. The van der Waals surface area contributed by atoms with Gasteiger partial charge in [0.15, 0.2) is 0 Å². The molecule has 0 fully saturated rings. The van der Waals surface area contributed by atoms with Gasteiger partial charge in [0, 0.05) is 38.5 Å². The molecule has 0 aliphatic heterocycles. The van der Waals surface area contributed by atoms with Crippen LogP contribution < -0.4 is 4.90 Å². The third-order valence-electron chi connectivity index (χ3n) is 12.5. The van der Waals surface area contributed by atoms with Crippen LogP contribution >= 0.6 is 0 Å². The minimum absolute atomic E-state index is 0.145. The molecule has 2 aromatic heterocycles. The minimum atomic E-state index is -0.145. The van der Waals surface area contributed by atoms with E-state index < -0.39 is 0 Å². The molecule has 58 heavy (non-hydrogen) atoms. The molecule has 3 nitrogen and oxygen atoms in total. The van der Waals surface area contributed by atoms with Gasteiger partial charge in [-0.2, -0.15) is 0 Å². The molecule has 0 amide bonds. The van der Waals surface area contributed by atoms with Crippen LogP contribution in [0.3, 0.4) is 0 Å². The standard InChI is InChI=1S/C55H37NO2/c1-55(2)47-20-10-7-17-41(47)42-28-26-38(33-48(42)55)56(37-25-23-34-13-3-4-14-35(34)31-37)49-30-29-45(54-53(49)46-19-9-12-22-51(46)58-54)40-16-6-5-15-39(40)36-24-27-44-43-18-8-11-21-50(43)57-52(44)32-36/h3-33H,1-2H3. The number of hydrogen-bond donors (Lipinski definition) is 0. The first-order chi connectivity index (χ1) is 28.5. The van der Waals surface area contributed by atoms with E-state index in [-0.39, 0.29) is 5.41 Å². The lowest BCUT2D eigenvalue weighted by Gasteiger charge is -2.29. The van der Waals surface area contributed by atoms with Crippen molar-refractivity contribution < 1.29 is 8.83 Å². The number of nitrogens with zero attached hydrogens (tertiary/aromatic N) is 1. The fourth-order valence-corrected chi connectivity index (χ4v) is 9.65. The van der Waals surface area contributed by atoms with Crippen LogP contribution in [-0.4, -0.2) is 0 Å². The number of fused-ring (bicyclic) bond motifs is 10. The summed E-state index contributed by atoms with van der Waals surface area (Å²) in [5.41, 5.74) is 16.3. The van der Waals surface area contributed by atoms with Gasteiger partial charge < -0.3 is 13.7 Å². The average Bonchev–Trinajstić information content (AvgIpc) is 3.92. The van der Waals surface area contributed by atoms with Crippen molar-refractivity contribution in [1.82, 2.24) is 0 Å². The van der Waals surface area contributed by atoms with Crippen LogP contribution in [0.2, 0.25) is 0 Å². The zero-order valence-corrected chi connectivity index (χ0v) is 32.2. The van der Waals surface area contributed by atoms with Gasteiger partial charge in [-0.3, -0.25) is 0 Å². The van der Waals surface area contributed by atoms with Gasteiger partial charge in [0.25, 0.3) is 0 Å². The third-order valence-corrected chi connectivity index (χ3v) is 12.5. The number of para-hydroxylation sites is 2. The molecule has 0 saturated heterocycles. The summed E-state index contributed by atoms with van der Waals surface area (Å²) in [5.74, 6) is 0. The van der Waals surface area contributed by atoms with E-state index in [2.05, 4.69) is 195 Å². The fourth-order valence-electron chi connectivity index (χ4n) is 9.65. The van der Waals surface area contributed by atoms with E-state index in [0.717, 1.165) is 83.2 Å². The second-order valence-electron chi connectivity index (χ2n) is 16.1. The van der Waals surface area contributed by atoms with E-state index >= 15 is 0 Å². The smallest absolute Gasteiger partial charge is 0.145 e. The first-order valence-electron chi connectivity index (χ1n) is 20.0. The molecule has 3 heteroatoms. The Kier molecular flexibility index (Phi) is 6.98.